The first kappa shape index (κ1) is 11.3. The summed E-state index contributed by atoms with van der Waals surface area (Å²) in [7, 11) is 0. The topological polar surface area (TPSA) is 57.4 Å². The van der Waals surface area contributed by atoms with Gasteiger partial charge in [0.2, 0.25) is 0 Å². The van der Waals surface area contributed by atoms with Crippen LogP contribution in [-0.4, -0.2) is 24.8 Å². The number of anilines is 1. The van der Waals surface area contributed by atoms with Crippen molar-refractivity contribution in [3.63, 3.8) is 0 Å². The standard InChI is InChI=1S/C9H16N2O2S/c1-2-3-4-12-5-6-13-9-11-7-8(10)14-9/h7H,2-6,10H2,1H3. The van der Waals surface area contributed by atoms with Gasteiger partial charge in [0.25, 0.3) is 5.19 Å². The van der Waals surface area contributed by atoms with E-state index in [-0.39, 0.29) is 0 Å². The Hall–Kier alpha value is -0.810. The van der Waals surface area contributed by atoms with Crippen molar-refractivity contribution in [1.82, 2.24) is 4.98 Å². The maximum absolute atomic E-state index is 5.49. The summed E-state index contributed by atoms with van der Waals surface area (Å²) in [6.07, 6.45) is 3.85. The third-order valence-electron chi connectivity index (χ3n) is 1.60. The molecule has 1 aromatic rings. The average molecular weight is 216 g/mol. The van der Waals surface area contributed by atoms with Crippen LogP contribution < -0.4 is 10.5 Å². The molecule has 0 fully saturated rings. The normalized spacial score (nSPS) is 10.4. The lowest BCUT2D eigenvalue weighted by atomic mass is 10.4. The summed E-state index contributed by atoms with van der Waals surface area (Å²) in [4.78, 5) is 3.97. The monoisotopic (exact) mass is 216 g/mol. The van der Waals surface area contributed by atoms with Crippen molar-refractivity contribution in [2.24, 2.45) is 0 Å². The second-order valence-electron chi connectivity index (χ2n) is 2.84. The van der Waals surface area contributed by atoms with Crippen LogP contribution in [0, 0.1) is 0 Å². The first-order valence-corrected chi connectivity index (χ1v) is 5.56. The van der Waals surface area contributed by atoms with E-state index in [1.165, 1.54) is 11.3 Å². The van der Waals surface area contributed by atoms with Gasteiger partial charge in [-0.25, -0.2) is 4.98 Å². The second kappa shape index (κ2) is 6.62. The molecule has 4 nitrogen and oxygen atoms in total. The molecule has 1 rings (SSSR count). The van der Waals surface area contributed by atoms with Gasteiger partial charge < -0.3 is 15.2 Å². The highest BCUT2D eigenvalue weighted by atomic mass is 32.1. The van der Waals surface area contributed by atoms with Gasteiger partial charge in [-0.05, 0) is 6.42 Å². The lowest BCUT2D eigenvalue weighted by Gasteiger charge is -2.03. The van der Waals surface area contributed by atoms with Crippen LogP contribution >= 0.6 is 11.3 Å². The molecule has 0 bridgehead atoms. The number of ether oxygens (including phenoxy) is 2. The fourth-order valence-corrected chi connectivity index (χ4v) is 1.43. The van der Waals surface area contributed by atoms with Gasteiger partial charge in [0, 0.05) is 6.61 Å². The van der Waals surface area contributed by atoms with Crippen LogP contribution in [0.3, 0.4) is 0 Å². The summed E-state index contributed by atoms with van der Waals surface area (Å²) in [5.41, 5.74) is 5.49. The number of nitrogens with two attached hydrogens (primary N) is 1. The Balaban J connectivity index is 1.99. The molecule has 0 aliphatic carbocycles. The molecule has 0 radical (unpaired) electrons. The van der Waals surface area contributed by atoms with Crippen LogP contribution in [0.5, 0.6) is 5.19 Å². The summed E-state index contributed by atoms with van der Waals surface area (Å²) in [5, 5.41) is 1.29. The Morgan fingerprint density at radius 1 is 1.43 bits per heavy atom. The fourth-order valence-electron chi connectivity index (χ4n) is 0.873. The van der Waals surface area contributed by atoms with E-state index in [0.29, 0.717) is 23.4 Å². The van der Waals surface area contributed by atoms with Crippen molar-refractivity contribution >= 4 is 16.3 Å². The zero-order valence-corrected chi connectivity index (χ0v) is 9.18. The van der Waals surface area contributed by atoms with Crippen LogP contribution in [0.2, 0.25) is 0 Å². The van der Waals surface area contributed by atoms with Gasteiger partial charge in [-0.3, -0.25) is 0 Å². The maximum atomic E-state index is 5.49. The van der Waals surface area contributed by atoms with E-state index in [2.05, 4.69) is 11.9 Å². The molecular formula is C9H16N2O2S. The molecule has 80 valence electrons. The van der Waals surface area contributed by atoms with Crippen LogP contribution in [0.25, 0.3) is 0 Å². The molecule has 0 aliphatic heterocycles. The molecule has 0 unspecified atom stereocenters. The van der Waals surface area contributed by atoms with Gasteiger partial charge in [0.15, 0.2) is 0 Å². The Bertz CT molecular complexity index is 253. The van der Waals surface area contributed by atoms with Gasteiger partial charge in [-0.15, -0.1) is 0 Å². The minimum Gasteiger partial charge on any atom is -0.468 e. The maximum Gasteiger partial charge on any atom is 0.275 e. The smallest absolute Gasteiger partial charge is 0.275 e. The molecule has 1 aromatic heterocycles. The van der Waals surface area contributed by atoms with E-state index in [1.54, 1.807) is 6.20 Å². The van der Waals surface area contributed by atoms with Crippen molar-refractivity contribution in [3.05, 3.63) is 6.20 Å². The Morgan fingerprint density at radius 3 is 2.93 bits per heavy atom. The van der Waals surface area contributed by atoms with E-state index < -0.39 is 0 Å². The number of nitrogens with zero attached hydrogens (tertiary/aromatic N) is 1. The molecule has 5 heteroatoms. The largest absolute Gasteiger partial charge is 0.468 e. The van der Waals surface area contributed by atoms with Crippen LogP contribution in [0.4, 0.5) is 5.00 Å². The van der Waals surface area contributed by atoms with Crippen LogP contribution in [0.15, 0.2) is 6.20 Å². The van der Waals surface area contributed by atoms with Crippen molar-refractivity contribution < 1.29 is 9.47 Å². The second-order valence-corrected chi connectivity index (χ2v) is 3.87. The Morgan fingerprint density at radius 2 is 2.29 bits per heavy atom. The summed E-state index contributed by atoms with van der Waals surface area (Å²) in [5.74, 6) is 0. The minimum absolute atomic E-state index is 0.538. The fraction of sp³-hybridized carbons (Fsp3) is 0.667. The van der Waals surface area contributed by atoms with E-state index in [9.17, 15) is 0 Å². The number of rotatable bonds is 7. The highest BCUT2D eigenvalue weighted by molar-refractivity contribution is 7.17. The molecule has 0 aliphatic rings. The zero-order valence-electron chi connectivity index (χ0n) is 8.36. The molecule has 1 heterocycles. The molecule has 14 heavy (non-hydrogen) atoms. The minimum atomic E-state index is 0.538. The van der Waals surface area contributed by atoms with Crippen molar-refractivity contribution in [2.75, 3.05) is 25.6 Å². The van der Waals surface area contributed by atoms with Crippen molar-refractivity contribution in [2.45, 2.75) is 19.8 Å². The number of nitrogen functional groups attached to an aromatic ring is 1. The molecular weight excluding hydrogens is 200 g/mol. The van der Waals surface area contributed by atoms with Crippen LogP contribution in [0.1, 0.15) is 19.8 Å². The summed E-state index contributed by atoms with van der Waals surface area (Å²) in [6.45, 7) is 4.09. The number of unbranched alkanes of at least 4 members (excludes halogenated alkanes) is 1. The van der Waals surface area contributed by atoms with Gasteiger partial charge in [0.1, 0.15) is 11.6 Å². The first-order valence-electron chi connectivity index (χ1n) is 4.74. The quantitative estimate of drug-likeness (QED) is 0.707. The van der Waals surface area contributed by atoms with E-state index in [0.717, 1.165) is 19.4 Å². The average Bonchev–Trinajstić information content (AvgIpc) is 2.58. The number of thiazole rings is 1. The number of aromatic nitrogens is 1. The number of hydrogen-bond acceptors (Lipinski definition) is 5. The van der Waals surface area contributed by atoms with E-state index in [1.807, 2.05) is 0 Å². The lowest BCUT2D eigenvalue weighted by Crippen LogP contribution is -2.07. The van der Waals surface area contributed by atoms with Gasteiger partial charge in [-0.2, -0.15) is 0 Å². The van der Waals surface area contributed by atoms with Gasteiger partial charge in [0.05, 0.1) is 12.8 Å². The van der Waals surface area contributed by atoms with Crippen molar-refractivity contribution in [1.29, 1.82) is 0 Å². The predicted molar refractivity (Wildman–Crippen MR) is 57.7 cm³/mol. The molecule has 2 N–H and O–H groups in total. The predicted octanol–water partition coefficient (Wildman–Crippen LogP) is 1.92. The van der Waals surface area contributed by atoms with E-state index in [4.69, 9.17) is 15.2 Å². The molecule has 0 saturated heterocycles. The molecule has 0 spiro atoms. The van der Waals surface area contributed by atoms with Gasteiger partial charge in [-0.1, -0.05) is 24.7 Å². The summed E-state index contributed by atoms with van der Waals surface area (Å²) in [6, 6.07) is 0. The lowest BCUT2D eigenvalue weighted by molar-refractivity contribution is 0.0979. The highest BCUT2D eigenvalue weighted by Gasteiger charge is 1.98. The molecule has 0 saturated carbocycles. The van der Waals surface area contributed by atoms with Crippen molar-refractivity contribution in [3.8, 4) is 5.19 Å². The Labute approximate surface area is 88.0 Å². The molecule has 0 atom stereocenters. The summed E-state index contributed by atoms with van der Waals surface area (Å²) < 4.78 is 10.6. The highest BCUT2D eigenvalue weighted by Crippen LogP contribution is 2.21. The molecule has 0 aromatic carbocycles. The zero-order chi connectivity index (χ0) is 10.2. The SMILES string of the molecule is CCCCOCCOc1ncc(N)s1. The third-order valence-corrected chi connectivity index (χ3v) is 2.34. The third kappa shape index (κ3) is 4.43. The Kier molecular flexibility index (Phi) is 5.32. The summed E-state index contributed by atoms with van der Waals surface area (Å²) >= 11 is 1.34. The molecule has 0 amide bonds. The first-order chi connectivity index (χ1) is 6.83. The van der Waals surface area contributed by atoms with Crippen LogP contribution in [-0.2, 0) is 4.74 Å². The van der Waals surface area contributed by atoms with E-state index >= 15 is 0 Å². The number of hydrogen-bond donors (Lipinski definition) is 1. The van der Waals surface area contributed by atoms with Gasteiger partial charge >= 0.3 is 0 Å².